The molecule has 1 aliphatic carbocycles. The Hall–Kier alpha value is -2.50. The van der Waals surface area contributed by atoms with Crippen LogP contribution in [-0.2, 0) is 0 Å². The first-order valence-corrected chi connectivity index (χ1v) is 7.55. The minimum Gasteiger partial charge on any atom is -0.366 e. The van der Waals surface area contributed by atoms with Gasteiger partial charge in [0.1, 0.15) is 0 Å². The van der Waals surface area contributed by atoms with Gasteiger partial charge in [0.05, 0.1) is 6.20 Å². The van der Waals surface area contributed by atoms with Gasteiger partial charge in [0.2, 0.25) is 5.95 Å². The van der Waals surface area contributed by atoms with Crippen molar-refractivity contribution < 1.29 is 4.79 Å². The number of rotatable bonds is 5. The van der Waals surface area contributed by atoms with Crippen molar-refractivity contribution in [2.75, 3.05) is 10.6 Å². The largest absolute Gasteiger partial charge is 0.366 e. The van der Waals surface area contributed by atoms with E-state index in [0.29, 0.717) is 17.6 Å². The molecule has 2 aromatic rings. The summed E-state index contributed by atoms with van der Waals surface area (Å²) in [5.41, 5.74) is 1.42. The van der Waals surface area contributed by atoms with Gasteiger partial charge < -0.3 is 10.6 Å². The number of benzene rings is 1. The molecule has 0 spiro atoms. The fourth-order valence-corrected chi connectivity index (χ4v) is 2.65. The fourth-order valence-electron chi connectivity index (χ4n) is 2.65. The lowest BCUT2D eigenvalue weighted by molar-refractivity contribution is 0.101. The molecular weight excluding hydrogens is 278 g/mol. The highest BCUT2D eigenvalue weighted by Gasteiger charge is 2.15. The van der Waals surface area contributed by atoms with E-state index < -0.39 is 0 Å². The van der Waals surface area contributed by atoms with Crippen LogP contribution in [0, 0.1) is 0 Å². The summed E-state index contributed by atoms with van der Waals surface area (Å²) in [6.45, 7) is 1.54. The van der Waals surface area contributed by atoms with Gasteiger partial charge in [0.15, 0.2) is 11.6 Å². The third kappa shape index (κ3) is 3.58. The Morgan fingerprint density at radius 2 is 2.09 bits per heavy atom. The quantitative estimate of drug-likeness (QED) is 0.825. The van der Waals surface area contributed by atoms with Crippen LogP contribution in [0.2, 0.25) is 0 Å². The molecule has 0 bridgehead atoms. The number of carbonyl (C=O) groups excluding carboxylic acids is 1. The minimum atomic E-state index is 0.0272. The van der Waals surface area contributed by atoms with E-state index in [1.807, 2.05) is 12.1 Å². The highest BCUT2D eigenvalue weighted by Crippen LogP contribution is 2.22. The molecule has 0 atom stereocenters. The van der Waals surface area contributed by atoms with Gasteiger partial charge in [-0.25, -0.2) is 0 Å². The van der Waals surface area contributed by atoms with Crippen LogP contribution in [0.25, 0.3) is 0 Å². The Bertz CT molecular complexity index is 667. The first-order valence-electron chi connectivity index (χ1n) is 7.55. The van der Waals surface area contributed by atoms with Crippen LogP contribution >= 0.6 is 0 Å². The second-order valence-corrected chi connectivity index (χ2v) is 5.55. The zero-order valence-corrected chi connectivity index (χ0v) is 12.5. The average molecular weight is 297 g/mol. The van der Waals surface area contributed by atoms with Crippen molar-refractivity contribution in [2.45, 2.75) is 38.6 Å². The zero-order chi connectivity index (χ0) is 15.4. The summed E-state index contributed by atoms with van der Waals surface area (Å²) in [6.07, 6.45) is 6.51. The van der Waals surface area contributed by atoms with Crippen molar-refractivity contribution in [3.8, 4) is 0 Å². The summed E-state index contributed by atoms with van der Waals surface area (Å²) in [4.78, 5) is 15.8. The molecule has 0 saturated heterocycles. The summed E-state index contributed by atoms with van der Waals surface area (Å²) in [5, 5.41) is 14.4. The van der Waals surface area contributed by atoms with Crippen LogP contribution < -0.4 is 10.6 Å². The number of carbonyl (C=O) groups is 1. The first-order chi connectivity index (χ1) is 10.7. The molecule has 0 radical (unpaired) electrons. The molecule has 6 heteroatoms. The van der Waals surface area contributed by atoms with Gasteiger partial charge in [-0.3, -0.25) is 4.79 Å². The molecule has 114 valence electrons. The van der Waals surface area contributed by atoms with Gasteiger partial charge in [0, 0.05) is 17.3 Å². The third-order valence-corrected chi connectivity index (χ3v) is 3.79. The topological polar surface area (TPSA) is 79.8 Å². The predicted molar refractivity (Wildman–Crippen MR) is 85.4 cm³/mol. The lowest BCUT2D eigenvalue weighted by atomic mass is 10.1. The van der Waals surface area contributed by atoms with E-state index in [0.717, 1.165) is 11.5 Å². The molecule has 1 fully saturated rings. The SMILES string of the molecule is CC(=O)c1cccc(Nc2nncc(NC3CCCC3)n2)c1. The number of nitrogens with one attached hydrogen (secondary N) is 2. The maximum Gasteiger partial charge on any atom is 0.249 e. The highest BCUT2D eigenvalue weighted by atomic mass is 16.1. The molecule has 0 amide bonds. The molecule has 1 aliphatic rings. The molecule has 0 aliphatic heterocycles. The van der Waals surface area contributed by atoms with Crippen LogP contribution in [0.4, 0.5) is 17.5 Å². The molecule has 0 unspecified atom stereocenters. The van der Waals surface area contributed by atoms with E-state index in [2.05, 4.69) is 25.8 Å². The van der Waals surface area contributed by atoms with Crippen molar-refractivity contribution in [3.05, 3.63) is 36.0 Å². The summed E-state index contributed by atoms with van der Waals surface area (Å²) in [5.74, 6) is 1.18. The summed E-state index contributed by atoms with van der Waals surface area (Å²) in [7, 11) is 0. The van der Waals surface area contributed by atoms with E-state index in [1.165, 1.54) is 25.7 Å². The van der Waals surface area contributed by atoms with Crippen molar-refractivity contribution >= 4 is 23.2 Å². The van der Waals surface area contributed by atoms with Crippen LogP contribution in [0.15, 0.2) is 30.5 Å². The van der Waals surface area contributed by atoms with Gasteiger partial charge in [-0.2, -0.15) is 10.1 Å². The molecular formula is C16H19N5O. The highest BCUT2D eigenvalue weighted by molar-refractivity contribution is 5.95. The van der Waals surface area contributed by atoms with E-state index >= 15 is 0 Å². The minimum absolute atomic E-state index is 0.0272. The number of aromatic nitrogens is 3. The fraction of sp³-hybridized carbons (Fsp3) is 0.375. The lowest BCUT2D eigenvalue weighted by Crippen LogP contribution is -2.16. The molecule has 1 aromatic heterocycles. The van der Waals surface area contributed by atoms with Gasteiger partial charge >= 0.3 is 0 Å². The Balaban J connectivity index is 1.72. The van der Waals surface area contributed by atoms with Crippen LogP contribution in [0.3, 0.4) is 0 Å². The monoisotopic (exact) mass is 297 g/mol. The van der Waals surface area contributed by atoms with E-state index in [-0.39, 0.29) is 5.78 Å². The van der Waals surface area contributed by atoms with Gasteiger partial charge in [-0.05, 0) is 31.9 Å². The molecule has 3 rings (SSSR count). The molecule has 2 N–H and O–H groups in total. The molecule has 1 saturated carbocycles. The normalized spacial score (nSPS) is 14.8. The smallest absolute Gasteiger partial charge is 0.249 e. The number of anilines is 3. The number of nitrogens with zero attached hydrogens (tertiary/aromatic N) is 3. The van der Waals surface area contributed by atoms with Gasteiger partial charge in [-0.15, -0.1) is 5.10 Å². The number of hydrogen-bond donors (Lipinski definition) is 2. The second kappa shape index (κ2) is 6.51. The first kappa shape index (κ1) is 14.4. The Kier molecular flexibility index (Phi) is 4.27. The predicted octanol–water partition coefficient (Wildman–Crippen LogP) is 3.17. The van der Waals surface area contributed by atoms with E-state index in [1.54, 1.807) is 25.3 Å². The number of Topliss-reactive ketones (excluding diaryl/α,β-unsaturated/α-hetero) is 1. The van der Waals surface area contributed by atoms with Gasteiger partial charge in [0.25, 0.3) is 0 Å². The van der Waals surface area contributed by atoms with Crippen molar-refractivity contribution in [1.82, 2.24) is 15.2 Å². The molecule has 1 aromatic carbocycles. The molecule has 1 heterocycles. The number of hydrogen-bond acceptors (Lipinski definition) is 6. The maximum absolute atomic E-state index is 11.4. The van der Waals surface area contributed by atoms with Crippen molar-refractivity contribution in [1.29, 1.82) is 0 Å². The summed E-state index contributed by atoms with van der Waals surface area (Å²) >= 11 is 0. The van der Waals surface area contributed by atoms with Crippen LogP contribution in [0.5, 0.6) is 0 Å². The molecule has 6 nitrogen and oxygen atoms in total. The Morgan fingerprint density at radius 3 is 2.86 bits per heavy atom. The zero-order valence-electron chi connectivity index (χ0n) is 12.5. The van der Waals surface area contributed by atoms with Crippen LogP contribution in [0.1, 0.15) is 43.0 Å². The average Bonchev–Trinajstić information content (AvgIpc) is 3.01. The maximum atomic E-state index is 11.4. The Labute approximate surface area is 129 Å². The van der Waals surface area contributed by atoms with Crippen LogP contribution in [-0.4, -0.2) is 27.0 Å². The van der Waals surface area contributed by atoms with E-state index in [9.17, 15) is 4.79 Å². The van der Waals surface area contributed by atoms with Gasteiger partial charge in [-0.1, -0.05) is 25.0 Å². The third-order valence-electron chi connectivity index (χ3n) is 3.79. The molecule has 22 heavy (non-hydrogen) atoms. The van der Waals surface area contributed by atoms with Crippen molar-refractivity contribution in [3.63, 3.8) is 0 Å². The summed E-state index contributed by atoms with van der Waals surface area (Å²) < 4.78 is 0. The second-order valence-electron chi connectivity index (χ2n) is 5.55. The Morgan fingerprint density at radius 1 is 1.27 bits per heavy atom. The van der Waals surface area contributed by atoms with Crippen molar-refractivity contribution in [2.24, 2.45) is 0 Å². The lowest BCUT2D eigenvalue weighted by Gasteiger charge is -2.12. The number of ketones is 1. The van der Waals surface area contributed by atoms with E-state index in [4.69, 9.17) is 0 Å². The standard InChI is InChI=1S/C16H19N5O/c1-11(22)12-5-4-8-14(9-12)19-16-20-15(10-17-21-16)18-13-6-2-3-7-13/h4-5,8-10,13H,2-3,6-7H2,1H3,(H2,18,19,20,21). The summed E-state index contributed by atoms with van der Waals surface area (Å²) in [6, 6.07) is 7.73.